The van der Waals surface area contributed by atoms with Crippen molar-refractivity contribution in [3.8, 4) is 5.75 Å². The molecule has 1 heterocycles. The van der Waals surface area contributed by atoms with Gasteiger partial charge in [0.25, 0.3) is 11.5 Å². The summed E-state index contributed by atoms with van der Waals surface area (Å²) in [5, 5.41) is 1.24. The third kappa shape index (κ3) is 2.52. The Morgan fingerprint density at radius 2 is 1.95 bits per heavy atom. The van der Waals surface area contributed by atoms with Crippen LogP contribution in [0.3, 0.4) is 0 Å². The molecule has 0 radical (unpaired) electrons. The van der Waals surface area contributed by atoms with E-state index in [0.29, 0.717) is 35.3 Å². The number of nitrogens with zero attached hydrogens (tertiary/aromatic N) is 1. The number of hydrogen-bond acceptors (Lipinski definition) is 3. The number of carbonyl (C=O) groups is 1. The molecule has 1 N–H and O–H groups in total. The first-order chi connectivity index (χ1) is 9.60. The van der Waals surface area contributed by atoms with Gasteiger partial charge in [-0.3, -0.25) is 9.59 Å². The second kappa shape index (κ2) is 5.77. The lowest BCUT2D eigenvalue weighted by atomic mass is 10.1. The maximum atomic E-state index is 12.3. The maximum Gasteiger partial charge on any atom is 0.270 e. The normalized spacial score (nSPS) is 10.6. The first-order valence-electron chi connectivity index (χ1n) is 6.61. The number of ether oxygens (including phenoxy) is 1. The van der Waals surface area contributed by atoms with Crippen LogP contribution in [0.1, 0.15) is 24.3 Å². The minimum absolute atomic E-state index is 0.170. The number of pyridine rings is 1. The van der Waals surface area contributed by atoms with Crippen molar-refractivity contribution in [3.05, 3.63) is 40.3 Å². The van der Waals surface area contributed by atoms with Crippen LogP contribution in [-0.2, 0) is 0 Å². The minimum atomic E-state index is -0.263. The highest BCUT2D eigenvalue weighted by Crippen LogP contribution is 2.18. The molecule has 0 bridgehead atoms. The molecule has 2 rings (SSSR count). The van der Waals surface area contributed by atoms with Crippen LogP contribution >= 0.6 is 0 Å². The van der Waals surface area contributed by atoms with Crippen molar-refractivity contribution in [2.45, 2.75) is 13.8 Å². The zero-order valence-electron chi connectivity index (χ0n) is 11.9. The smallest absolute Gasteiger partial charge is 0.270 e. The van der Waals surface area contributed by atoms with Crippen LogP contribution in [0.4, 0.5) is 0 Å². The Morgan fingerprint density at radius 3 is 2.55 bits per heavy atom. The Bertz CT molecular complexity index is 687. The molecule has 20 heavy (non-hydrogen) atoms. The first-order valence-corrected chi connectivity index (χ1v) is 6.61. The molecule has 0 aliphatic carbocycles. The Morgan fingerprint density at radius 1 is 1.25 bits per heavy atom. The van der Waals surface area contributed by atoms with E-state index in [9.17, 15) is 9.59 Å². The van der Waals surface area contributed by atoms with E-state index < -0.39 is 0 Å². The number of rotatable bonds is 4. The van der Waals surface area contributed by atoms with Crippen LogP contribution in [0.5, 0.6) is 5.75 Å². The summed E-state index contributed by atoms with van der Waals surface area (Å²) in [5.74, 6) is 0.487. The summed E-state index contributed by atoms with van der Waals surface area (Å²) in [6, 6.07) is 6.87. The number of nitrogens with one attached hydrogen (secondary N) is 1. The van der Waals surface area contributed by atoms with Gasteiger partial charge in [0.05, 0.1) is 7.11 Å². The number of benzene rings is 1. The van der Waals surface area contributed by atoms with Crippen LogP contribution in [0.2, 0.25) is 0 Å². The molecule has 0 saturated carbocycles. The predicted octanol–water partition coefficient (Wildman–Crippen LogP) is 2.02. The van der Waals surface area contributed by atoms with Gasteiger partial charge in [0.15, 0.2) is 0 Å². The van der Waals surface area contributed by atoms with Crippen molar-refractivity contribution < 1.29 is 9.53 Å². The third-order valence-electron chi connectivity index (χ3n) is 3.33. The summed E-state index contributed by atoms with van der Waals surface area (Å²) < 4.78 is 5.14. The van der Waals surface area contributed by atoms with Gasteiger partial charge in [0.1, 0.15) is 11.4 Å². The first kappa shape index (κ1) is 14.1. The van der Waals surface area contributed by atoms with E-state index in [1.54, 1.807) is 36.3 Å². The molecule has 5 nitrogen and oxygen atoms in total. The molecule has 0 unspecified atom stereocenters. The van der Waals surface area contributed by atoms with Gasteiger partial charge >= 0.3 is 0 Å². The molecule has 106 valence electrons. The maximum absolute atomic E-state index is 12.3. The average Bonchev–Trinajstić information content (AvgIpc) is 2.47. The molecular formula is C15H18N2O3. The second-order valence-electron chi connectivity index (χ2n) is 4.44. The molecule has 0 spiro atoms. The van der Waals surface area contributed by atoms with Crippen molar-refractivity contribution in [2.24, 2.45) is 0 Å². The minimum Gasteiger partial charge on any atom is -0.497 e. The van der Waals surface area contributed by atoms with Crippen molar-refractivity contribution >= 4 is 16.7 Å². The number of carbonyl (C=O) groups excluding carboxylic acids is 1. The number of aromatic amines is 1. The summed E-state index contributed by atoms with van der Waals surface area (Å²) >= 11 is 0. The lowest BCUT2D eigenvalue weighted by Gasteiger charge is -2.18. The molecular weight excluding hydrogens is 256 g/mol. The molecule has 0 fully saturated rings. The predicted molar refractivity (Wildman–Crippen MR) is 78.4 cm³/mol. The largest absolute Gasteiger partial charge is 0.497 e. The van der Waals surface area contributed by atoms with Gasteiger partial charge in [-0.25, -0.2) is 0 Å². The van der Waals surface area contributed by atoms with Gasteiger partial charge < -0.3 is 14.6 Å². The van der Waals surface area contributed by atoms with Gasteiger partial charge in [0.2, 0.25) is 0 Å². The molecule has 1 aromatic heterocycles. The van der Waals surface area contributed by atoms with E-state index >= 15 is 0 Å². The Balaban J connectivity index is 2.56. The summed E-state index contributed by atoms with van der Waals surface area (Å²) in [5.41, 5.74) is 0.0418. The Hall–Kier alpha value is -2.30. The molecule has 0 aliphatic heterocycles. The van der Waals surface area contributed by atoms with Crippen molar-refractivity contribution in [1.82, 2.24) is 9.88 Å². The molecule has 0 atom stereocenters. The fourth-order valence-corrected chi connectivity index (χ4v) is 2.17. The average molecular weight is 274 g/mol. The number of hydrogen-bond donors (Lipinski definition) is 1. The van der Waals surface area contributed by atoms with E-state index in [-0.39, 0.29) is 11.5 Å². The Kier molecular flexibility index (Phi) is 4.08. The zero-order valence-corrected chi connectivity index (χ0v) is 11.9. The third-order valence-corrected chi connectivity index (χ3v) is 3.33. The summed E-state index contributed by atoms with van der Waals surface area (Å²) in [6.45, 7) is 5.02. The highest BCUT2D eigenvalue weighted by atomic mass is 16.5. The highest BCUT2D eigenvalue weighted by Gasteiger charge is 2.15. The molecule has 5 heteroatoms. The zero-order chi connectivity index (χ0) is 14.7. The molecule has 1 amide bonds. The standard InChI is InChI=1S/C15H18N2O3/c1-4-17(5-2)15(19)13-9-10-8-11(20-3)6-7-12(10)14(18)16-13/h6-9H,4-5H2,1-3H3,(H,16,18). The van der Waals surface area contributed by atoms with Gasteiger partial charge in [-0.15, -0.1) is 0 Å². The van der Waals surface area contributed by atoms with Crippen LogP contribution < -0.4 is 10.3 Å². The Labute approximate surface area is 117 Å². The fraction of sp³-hybridized carbons (Fsp3) is 0.333. The molecule has 0 saturated heterocycles. The number of methoxy groups -OCH3 is 1. The van der Waals surface area contributed by atoms with Crippen molar-refractivity contribution in [3.63, 3.8) is 0 Å². The van der Waals surface area contributed by atoms with Crippen LogP contribution in [0, 0.1) is 0 Å². The van der Waals surface area contributed by atoms with Gasteiger partial charge in [-0.05, 0) is 43.5 Å². The van der Waals surface area contributed by atoms with Gasteiger partial charge in [-0.2, -0.15) is 0 Å². The lowest BCUT2D eigenvalue weighted by molar-refractivity contribution is 0.0767. The second-order valence-corrected chi connectivity index (χ2v) is 4.44. The molecule has 0 aliphatic rings. The van der Waals surface area contributed by atoms with Crippen LogP contribution in [-0.4, -0.2) is 36.0 Å². The van der Waals surface area contributed by atoms with E-state index in [0.717, 1.165) is 0 Å². The SMILES string of the molecule is CCN(CC)C(=O)c1cc2cc(OC)ccc2c(=O)[nH]1. The lowest BCUT2D eigenvalue weighted by Crippen LogP contribution is -2.32. The molecule has 1 aromatic carbocycles. The van der Waals surface area contributed by atoms with E-state index in [1.807, 2.05) is 13.8 Å². The number of fused-ring (bicyclic) bond motifs is 1. The topological polar surface area (TPSA) is 62.4 Å². The monoisotopic (exact) mass is 274 g/mol. The van der Waals surface area contributed by atoms with E-state index in [2.05, 4.69) is 4.98 Å². The summed E-state index contributed by atoms with van der Waals surface area (Å²) in [7, 11) is 1.57. The summed E-state index contributed by atoms with van der Waals surface area (Å²) in [4.78, 5) is 28.6. The van der Waals surface area contributed by atoms with Crippen LogP contribution in [0.25, 0.3) is 10.8 Å². The fourth-order valence-electron chi connectivity index (χ4n) is 2.17. The van der Waals surface area contributed by atoms with Gasteiger partial charge in [-0.1, -0.05) is 0 Å². The van der Waals surface area contributed by atoms with E-state index in [1.165, 1.54) is 0 Å². The highest BCUT2D eigenvalue weighted by molar-refractivity contribution is 5.96. The number of aromatic nitrogens is 1. The number of amides is 1. The van der Waals surface area contributed by atoms with Crippen molar-refractivity contribution in [1.29, 1.82) is 0 Å². The molecule has 2 aromatic rings. The summed E-state index contributed by atoms with van der Waals surface area (Å²) in [6.07, 6.45) is 0. The van der Waals surface area contributed by atoms with Crippen LogP contribution in [0.15, 0.2) is 29.1 Å². The van der Waals surface area contributed by atoms with Crippen molar-refractivity contribution in [2.75, 3.05) is 20.2 Å². The quantitative estimate of drug-likeness (QED) is 0.927. The van der Waals surface area contributed by atoms with Gasteiger partial charge in [0, 0.05) is 18.5 Å². The number of H-pyrrole nitrogens is 1. The van der Waals surface area contributed by atoms with E-state index in [4.69, 9.17) is 4.74 Å².